The fourth-order valence-corrected chi connectivity index (χ4v) is 1.25. The van der Waals surface area contributed by atoms with Gasteiger partial charge in [-0.3, -0.25) is 5.41 Å². The van der Waals surface area contributed by atoms with E-state index in [-0.39, 0.29) is 0 Å². The molecule has 0 saturated heterocycles. The molecule has 2 heteroatoms. The van der Waals surface area contributed by atoms with Crippen molar-refractivity contribution in [3.8, 4) is 0 Å². The standard InChI is InChI=1S/C9H20N2/c1-3-5-6-8(4-2)7-9(10)11/h8H,3-7H2,1-2H3,(H3,10,11). The van der Waals surface area contributed by atoms with Crippen LogP contribution in [0.15, 0.2) is 0 Å². The van der Waals surface area contributed by atoms with Gasteiger partial charge in [0.05, 0.1) is 5.84 Å². The maximum atomic E-state index is 7.14. The van der Waals surface area contributed by atoms with E-state index in [1.807, 2.05) is 0 Å². The Morgan fingerprint density at radius 1 is 1.45 bits per heavy atom. The van der Waals surface area contributed by atoms with E-state index < -0.39 is 0 Å². The maximum Gasteiger partial charge on any atom is 0.0908 e. The normalized spacial score (nSPS) is 12.9. The van der Waals surface area contributed by atoms with Crippen molar-refractivity contribution in [2.24, 2.45) is 11.7 Å². The molecule has 66 valence electrons. The summed E-state index contributed by atoms with van der Waals surface area (Å²) in [6, 6.07) is 0. The van der Waals surface area contributed by atoms with Crippen LogP contribution in [-0.2, 0) is 0 Å². The zero-order chi connectivity index (χ0) is 8.69. The largest absolute Gasteiger partial charge is 0.388 e. The second-order valence-corrected chi connectivity index (χ2v) is 3.15. The molecule has 0 aromatic heterocycles. The third kappa shape index (κ3) is 5.89. The molecule has 0 amide bonds. The molecule has 0 aliphatic heterocycles. The molecule has 0 aliphatic carbocycles. The fraction of sp³-hybridized carbons (Fsp3) is 0.889. The molecule has 0 fully saturated rings. The van der Waals surface area contributed by atoms with E-state index in [0.717, 1.165) is 12.8 Å². The van der Waals surface area contributed by atoms with Crippen LogP contribution in [0.3, 0.4) is 0 Å². The molecule has 2 nitrogen and oxygen atoms in total. The molecule has 0 radical (unpaired) electrons. The van der Waals surface area contributed by atoms with Crippen LogP contribution in [0.2, 0.25) is 0 Å². The summed E-state index contributed by atoms with van der Waals surface area (Å²) in [5, 5.41) is 7.14. The minimum Gasteiger partial charge on any atom is -0.388 e. The smallest absolute Gasteiger partial charge is 0.0908 e. The molecule has 1 atom stereocenters. The highest BCUT2D eigenvalue weighted by Gasteiger charge is 2.06. The van der Waals surface area contributed by atoms with Gasteiger partial charge in [0.15, 0.2) is 0 Å². The van der Waals surface area contributed by atoms with Gasteiger partial charge in [-0.05, 0) is 5.92 Å². The van der Waals surface area contributed by atoms with Crippen LogP contribution in [0, 0.1) is 11.3 Å². The number of nitrogens with one attached hydrogen (secondary N) is 1. The van der Waals surface area contributed by atoms with Crippen molar-refractivity contribution in [1.29, 1.82) is 5.41 Å². The maximum absolute atomic E-state index is 7.14. The van der Waals surface area contributed by atoms with Gasteiger partial charge in [0.2, 0.25) is 0 Å². The minimum atomic E-state index is 0.341. The molecule has 0 bridgehead atoms. The zero-order valence-electron chi connectivity index (χ0n) is 7.69. The predicted molar refractivity (Wildman–Crippen MR) is 49.8 cm³/mol. The van der Waals surface area contributed by atoms with Crippen molar-refractivity contribution in [2.75, 3.05) is 0 Å². The van der Waals surface area contributed by atoms with Gasteiger partial charge in [-0.25, -0.2) is 0 Å². The lowest BCUT2D eigenvalue weighted by Crippen LogP contribution is -2.15. The average molecular weight is 156 g/mol. The monoisotopic (exact) mass is 156 g/mol. The average Bonchev–Trinajstić information content (AvgIpc) is 1.97. The second kappa shape index (κ2) is 6.20. The van der Waals surface area contributed by atoms with Gasteiger partial charge in [-0.1, -0.05) is 39.5 Å². The first kappa shape index (κ1) is 10.5. The van der Waals surface area contributed by atoms with Crippen molar-refractivity contribution >= 4 is 5.84 Å². The van der Waals surface area contributed by atoms with Gasteiger partial charge in [0, 0.05) is 6.42 Å². The van der Waals surface area contributed by atoms with E-state index in [0.29, 0.717) is 11.8 Å². The molecule has 0 spiro atoms. The number of hydrogen-bond acceptors (Lipinski definition) is 1. The van der Waals surface area contributed by atoms with Gasteiger partial charge >= 0.3 is 0 Å². The quantitative estimate of drug-likeness (QED) is 0.450. The van der Waals surface area contributed by atoms with Crippen LogP contribution >= 0.6 is 0 Å². The van der Waals surface area contributed by atoms with Gasteiger partial charge in [0.25, 0.3) is 0 Å². The molecule has 0 aromatic carbocycles. The Morgan fingerprint density at radius 3 is 2.45 bits per heavy atom. The number of rotatable bonds is 6. The molecule has 1 unspecified atom stereocenters. The third-order valence-electron chi connectivity index (χ3n) is 2.05. The number of nitrogens with two attached hydrogens (primary N) is 1. The highest BCUT2D eigenvalue weighted by Crippen LogP contribution is 2.15. The number of unbranched alkanes of at least 4 members (excludes halogenated alkanes) is 1. The van der Waals surface area contributed by atoms with E-state index in [4.69, 9.17) is 11.1 Å². The first-order chi connectivity index (χ1) is 5.20. The van der Waals surface area contributed by atoms with Gasteiger partial charge < -0.3 is 5.73 Å². The van der Waals surface area contributed by atoms with Crippen LogP contribution in [0.4, 0.5) is 0 Å². The Hall–Kier alpha value is -0.530. The summed E-state index contributed by atoms with van der Waals surface area (Å²) in [4.78, 5) is 0. The lowest BCUT2D eigenvalue weighted by molar-refractivity contribution is 0.465. The van der Waals surface area contributed by atoms with Gasteiger partial charge in [-0.15, -0.1) is 0 Å². The lowest BCUT2D eigenvalue weighted by atomic mass is 9.95. The lowest BCUT2D eigenvalue weighted by Gasteiger charge is -2.12. The summed E-state index contributed by atoms with van der Waals surface area (Å²) >= 11 is 0. The molecule has 11 heavy (non-hydrogen) atoms. The molecule has 0 saturated carbocycles. The van der Waals surface area contributed by atoms with Crippen LogP contribution in [-0.4, -0.2) is 5.84 Å². The van der Waals surface area contributed by atoms with Gasteiger partial charge in [0.1, 0.15) is 0 Å². The summed E-state index contributed by atoms with van der Waals surface area (Å²) in [7, 11) is 0. The Kier molecular flexibility index (Phi) is 5.90. The summed E-state index contributed by atoms with van der Waals surface area (Å²) in [5.74, 6) is 0.986. The van der Waals surface area contributed by atoms with Crippen molar-refractivity contribution in [3.63, 3.8) is 0 Å². The topological polar surface area (TPSA) is 49.9 Å². The summed E-state index contributed by atoms with van der Waals surface area (Å²) < 4.78 is 0. The van der Waals surface area contributed by atoms with Crippen LogP contribution in [0.1, 0.15) is 46.0 Å². The van der Waals surface area contributed by atoms with E-state index in [2.05, 4.69) is 13.8 Å². The van der Waals surface area contributed by atoms with Crippen molar-refractivity contribution in [3.05, 3.63) is 0 Å². The third-order valence-corrected chi connectivity index (χ3v) is 2.05. The second-order valence-electron chi connectivity index (χ2n) is 3.15. The molecule has 0 aliphatic rings. The molecule has 3 N–H and O–H groups in total. The first-order valence-electron chi connectivity index (χ1n) is 4.53. The van der Waals surface area contributed by atoms with Crippen LogP contribution < -0.4 is 5.73 Å². The van der Waals surface area contributed by atoms with Crippen molar-refractivity contribution in [1.82, 2.24) is 0 Å². The van der Waals surface area contributed by atoms with E-state index in [1.165, 1.54) is 19.3 Å². The highest BCUT2D eigenvalue weighted by atomic mass is 14.7. The van der Waals surface area contributed by atoms with Crippen LogP contribution in [0.5, 0.6) is 0 Å². The number of hydrogen-bond donors (Lipinski definition) is 2. The summed E-state index contributed by atoms with van der Waals surface area (Å²) in [5.41, 5.74) is 5.32. The molecule has 0 aromatic rings. The summed E-state index contributed by atoms with van der Waals surface area (Å²) in [6.45, 7) is 4.36. The molecular weight excluding hydrogens is 136 g/mol. The Bertz CT molecular complexity index is 110. The number of amidine groups is 1. The first-order valence-corrected chi connectivity index (χ1v) is 4.53. The van der Waals surface area contributed by atoms with Crippen molar-refractivity contribution < 1.29 is 0 Å². The van der Waals surface area contributed by atoms with E-state index >= 15 is 0 Å². The van der Waals surface area contributed by atoms with Crippen LogP contribution in [0.25, 0.3) is 0 Å². The van der Waals surface area contributed by atoms with Crippen molar-refractivity contribution in [2.45, 2.75) is 46.0 Å². The SMILES string of the molecule is CCCCC(CC)CC(=N)N. The molecule has 0 rings (SSSR count). The fourth-order valence-electron chi connectivity index (χ4n) is 1.25. The van der Waals surface area contributed by atoms with Gasteiger partial charge in [-0.2, -0.15) is 0 Å². The molecular formula is C9H20N2. The Balaban J connectivity index is 3.49. The zero-order valence-corrected chi connectivity index (χ0v) is 7.69. The van der Waals surface area contributed by atoms with E-state index in [9.17, 15) is 0 Å². The van der Waals surface area contributed by atoms with E-state index in [1.54, 1.807) is 0 Å². The Morgan fingerprint density at radius 2 is 2.09 bits per heavy atom. The highest BCUT2D eigenvalue weighted by molar-refractivity contribution is 5.77. The molecule has 0 heterocycles. The summed E-state index contributed by atoms with van der Waals surface area (Å²) in [6.07, 6.45) is 5.68. The minimum absolute atomic E-state index is 0.341. The Labute approximate surface area is 69.7 Å². The predicted octanol–water partition coefficient (Wildman–Crippen LogP) is 2.53.